The second-order valence-corrected chi connectivity index (χ2v) is 9.71. The van der Waals surface area contributed by atoms with Gasteiger partial charge in [0.2, 0.25) is 5.91 Å². The highest BCUT2D eigenvalue weighted by atomic mass is 32.1. The number of urea groups is 1. The molecule has 0 aliphatic carbocycles. The fourth-order valence-corrected chi connectivity index (χ4v) is 5.50. The normalized spacial score (nSPS) is 22.8. The summed E-state index contributed by atoms with van der Waals surface area (Å²) in [5.41, 5.74) is -0.421. The van der Waals surface area contributed by atoms with Crippen LogP contribution in [0.1, 0.15) is 43.6 Å². The quantitative estimate of drug-likeness (QED) is 0.650. The number of imide groups is 1. The van der Waals surface area contributed by atoms with E-state index in [0.29, 0.717) is 44.5 Å². The molecule has 0 bridgehead atoms. The lowest BCUT2D eigenvalue weighted by molar-refractivity contribution is -0.138. The van der Waals surface area contributed by atoms with Gasteiger partial charge in [-0.15, -0.1) is 11.3 Å². The first-order valence-electron chi connectivity index (χ1n) is 11.3. The zero-order chi connectivity index (χ0) is 22.7. The van der Waals surface area contributed by atoms with Crippen molar-refractivity contribution in [1.82, 2.24) is 20.1 Å². The highest BCUT2D eigenvalue weighted by Crippen LogP contribution is 2.41. The maximum atomic E-state index is 13.8. The van der Waals surface area contributed by atoms with Crippen LogP contribution in [0.4, 0.5) is 4.79 Å². The molecule has 2 atom stereocenters. The molecule has 2 fully saturated rings. The number of nitrogens with zero attached hydrogens (tertiary/aromatic N) is 3. The second kappa shape index (κ2) is 9.40. The summed E-state index contributed by atoms with van der Waals surface area (Å²) in [4.78, 5) is 48.1. The zero-order valence-corrected chi connectivity index (χ0v) is 19.4. The number of likely N-dealkylation sites (tertiary alicyclic amines) is 1. The molecule has 2 aliphatic heterocycles. The predicted octanol–water partition coefficient (Wildman–Crippen LogP) is 3.42. The Bertz CT molecular complexity index is 957. The number of hydrogen-bond donors (Lipinski definition) is 1. The molecule has 0 spiro atoms. The van der Waals surface area contributed by atoms with Crippen LogP contribution in [0.25, 0.3) is 0 Å². The molecule has 0 unspecified atom stereocenters. The van der Waals surface area contributed by atoms with Crippen molar-refractivity contribution in [2.75, 3.05) is 19.6 Å². The van der Waals surface area contributed by atoms with Crippen molar-refractivity contribution in [3.05, 3.63) is 52.5 Å². The van der Waals surface area contributed by atoms with Crippen LogP contribution in [0.5, 0.6) is 0 Å². The number of thiophene rings is 1. The summed E-state index contributed by atoms with van der Waals surface area (Å²) < 4.78 is 0. The van der Waals surface area contributed by atoms with Crippen LogP contribution >= 0.6 is 11.3 Å². The molecule has 2 aliphatic rings. The van der Waals surface area contributed by atoms with Gasteiger partial charge >= 0.3 is 6.03 Å². The van der Waals surface area contributed by atoms with Crippen molar-refractivity contribution < 1.29 is 14.4 Å². The number of carbonyl (C=O) groups excluding carboxylic acids is 3. The summed E-state index contributed by atoms with van der Waals surface area (Å²) in [5, 5.41) is 5.05. The van der Waals surface area contributed by atoms with E-state index < -0.39 is 5.54 Å². The molecule has 4 heterocycles. The van der Waals surface area contributed by atoms with Gasteiger partial charge in [0, 0.05) is 48.4 Å². The van der Waals surface area contributed by atoms with E-state index in [1.807, 2.05) is 42.3 Å². The minimum Gasteiger partial charge on any atom is -0.342 e. The molecule has 2 saturated heterocycles. The van der Waals surface area contributed by atoms with Crippen molar-refractivity contribution in [2.24, 2.45) is 11.8 Å². The van der Waals surface area contributed by atoms with Crippen molar-refractivity contribution in [3.8, 4) is 0 Å². The van der Waals surface area contributed by atoms with E-state index in [1.54, 1.807) is 29.8 Å². The minimum atomic E-state index is -1.13. The SMILES string of the molecule is CC[C@H](C)C(=O)N1CCC([C@@]2(c3cccnc3)NC(=O)N(CCc3cccs3)C2=O)CC1. The second-order valence-electron chi connectivity index (χ2n) is 8.67. The lowest BCUT2D eigenvalue weighted by Gasteiger charge is -2.41. The highest BCUT2D eigenvalue weighted by molar-refractivity contribution is 7.09. The molecular formula is C24H30N4O3S. The van der Waals surface area contributed by atoms with E-state index >= 15 is 0 Å². The molecule has 8 heteroatoms. The molecule has 4 rings (SSSR count). The summed E-state index contributed by atoms with van der Waals surface area (Å²) in [7, 11) is 0. The first-order chi connectivity index (χ1) is 15.5. The van der Waals surface area contributed by atoms with Gasteiger partial charge in [0.15, 0.2) is 5.54 Å². The fourth-order valence-electron chi connectivity index (χ4n) is 4.80. The number of aromatic nitrogens is 1. The first-order valence-corrected chi connectivity index (χ1v) is 12.2. The number of amides is 4. The number of hydrogen-bond acceptors (Lipinski definition) is 5. The molecule has 0 radical (unpaired) electrons. The first kappa shape index (κ1) is 22.5. The van der Waals surface area contributed by atoms with Gasteiger partial charge in [0.25, 0.3) is 5.91 Å². The molecule has 170 valence electrons. The zero-order valence-electron chi connectivity index (χ0n) is 18.6. The van der Waals surface area contributed by atoms with E-state index in [4.69, 9.17) is 0 Å². The average molecular weight is 455 g/mol. The van der Waals surface area contributed by atoms with E-state index in [-0.39, 0.29) is 29.7 Å². The highest BCUT2D eigenvalue weighted by Gasteiger charge is 2.57. The average Bonchev–Trinajstić information content (AvgIpc) is 3.44. The Kier molecular flexibility index (Phi) is 6.60. The lowest BCUT2D eigenvalue weighted by atomic mass is 9.73. The van der Waals surface area contributed by atoms with E-state index in [1.165, 1.54) is 4.90 Å². The molecule has 0 aromatic carbocycles. The van der Waals surface area contributed by atoms with Gasteiger partial charge < -0.3 is 10.2 Å². The Balaban J connectivity index is 1.57. The van der Waals surface area contributed by atoms with Gasteiger partial charge in [-0.05, 0) is 49.1 Å². The van der Waals surface area contributed by atoms with Crippen LogP contribution in [-0.2, 0) is 21.5 Å². The third kappa shape index (κ3) is 4.03. The van der Waals surface area contributed by atoms with Crippen molar-refractivity contribution in [3.63, 3.8) is 0 Å². The largest absolute Gasteiger partial charge is 0.342 e. The molecule has 7 nitrogen and oxygen atoms in total. The van der Waals surface area contributed by atoms with E-state index in [2.05, 4.69) is 10.3 Å². The van der Waals surface area contributed by atoms with E-state index in [9.17, 15) is 14.4 Å². The third-order valence-corrected chi connectivity index (χ3v) is 7.80. The van der Waals surface area contributed by atoms with Gasteiger partial charge in [0.05, 0.1) is 0 Å². The van der Waals surface area contributed by atoms with Gasteiger partial charge in [-0.1, -0.05) is 26.0 Å². The maximum absolute atomic E-state index is 13.8. The van der Waals surface area contributed by atoms with Gasteiger partial charge in [-0.3, -0.25) is 19.5 Å². The Morgan fingerprint density at radius 1 is 1.28 bits per heavy atom. The number of pyridine rings is 1. The van der Waals surface area contributed by atoms with Crippen LogP contribution < -0.4 is 5.32 Å². The van der Waals surface area contributed by atoms with Gasteiger partial charge in [-0.2, -0.15) is 0 Å². The standard InChI is InChI=1S/C24H30N4O3S/c1-3-17(2)21(29)27-12-8-18(9-13-27)24(19-6-4-11-25-16-19)22(30)28(23(31)26-24)14-10-20-7-5-15-32-20/h4-7,11,15-18H,3,8-10,12-14H2,1-2H3,(H,26,31)/t17-,24-/m0/s1. The summed E-state index contributed by atoms with van der Waals surface area (Å²) in [6.45, 7) is 5.50. The molecule has 4 amide bonds. The van der Waals surface area contributed by atoms with Crippen molar-refractivity contribution in [2.45, 2.75) is 45.1 Å². The van der Waals surface area contributed by atoms with Crippen LogP contribution in [0.15, 0.2) is 42.0 Å². The molecule has 0 saturated carbocycles. The summed E-state index contributed by atoms with van der Waals surface area (Å²) in [6.07, 6.45) is 6.11. The molecule has 2 aromatic heterocycles. The number of rotatable bonds is 7. The van der Waals surface area contributed by atoms with E-state index in [0.717, 1.165) is 11.3 Å². The number of nitrogens with one attached hydrogen (secondary N) is 1. The maximum Gasteiger partial charge on any atom is 0.325 e. The monoisotopic (exact) mass is 454 g/mol. The molecular weight excluding hydrogens is 424 g/mol. The predicted molar refractivity (Wildman–Crippen MR) is 123 cm³/mol. The van der Waals surface area contributed by atoms with Crippen LogP contribution in [0, 0.1) is 11.8 Å². The van der Waals surface area contributed by atoms with Crippen LogP contribution in [0.2, 0.25) is 0 Å². The fraction of sp³-hybridized carbons (Fsp3) is 0.500. The number of carbonyl (C=O) groups is 3. The number of piperidine rings is 1. The Morgan fingerprint density at radius 3 is 2.69 bits per heavy atom. The van der Waals surface area contributed by atoms with Crippen LogP contribution in [-0.4, -0.2) is 52.3 Å². The molecule has 32 heavy (non-hydrogen) atoms. The van der Waals surface area contributed by atoms with Crippen molar-refractivity contribution in [1.29, 1.82) is 0 Å². The van der Waals surface area contributed by atoms with Gasteiger partial charge in [-0.25, -0.2) is 4.79 Å². The van der Waals surface area contributed by atoms with Gasteiger partial charge in [0.1, 0.15) is 0 Å². The third-order valence-electron chi connectivity index (χ3n) is 6.86. The lowest BCUT2D eigenvalue weighted by Crippen LogP contribution is -2.54. The Morgan fingerprint density at radius 2 is 2.06 bits per heavy atom. The summed E-state index contributed by atoms with van der Waals surface area (Å²) in [5.74, 6) is -0.144. The van der Waals surface area contributed by atoms with Crippen molar-refractivity contribution >= 4 is 29.2 Å². The summed E-state index contributed by atoms with van der Waals surface area (Å²) in [6, 6.07) is 7.30. The Labute approximate surface area is 192 Å². The molecule has 1 N–H and O–H groups in total. The summed E-state index contributed by atoms with van der Waals surface area (Å²) >= 11 is 1.62. The smallest absolute Gasteiger partial charge is 0.325 e. The Hall–Kier alpha value is -2.74. The van der Waals surface area contributed by atoms with Crippen LogP contribution in [0.3, 0.4) is 0 Å². The molecule has 2 aromatic rings. The topological polar surface area (TPSA) is 82.6 Å². The minimum absolute atomic E-state index is 0.000563.